The van der Waals surface area contributed by atoms with Crippen molar-refractivity contribution < 1.29 is 37.5 Å². The van der Waals surface area contributed by atoms with Gasteiger partial charge in [-0.1, -0.05) is 24.6 Å². The number of esters is 1. The van der Waals surface area contributed by atoms with Crippen molar-refractivity contribution in [2.75, 3.05) is 32.2 Å². The molecule has 0 saturated heterocycles. The molecular weight excluding hydrogens is 602 g/mol. The van der Waals surface area contributed by atoms with Crippen molar-refractivity contribution in [2.24, 2.45) is 0 Å². The van der Waals surface area contributed by atoms with Crippen molar-refractivity contribution in [2.45, 2.75) is 70.4 Å². The first-order valence-corrected chi connectivity index (χ1v) is 16.8. The van der Waals surface area contributed by atoms with Gasteiger partial charge in [-0.3, -0.25) is 9.36 Å². The second-order valence-electron chi connectivity index (χ2n) is 9.94. The average molecular weight is 641 g/mol. The van der Waals surface area contributed by atoms with Gasteiger partial charge in [0.05, 0.1) is 26.1 Å². The van der Waals surface area contributed by atoms with Crippen molar-refractivity contribution in [3.05, 3.63) is 36.7 Å². The van der Waals surface area contributed by atoms with E-state index in [0.717, 1.165) is 32.1 Å². The number of halogens is 1. The molecular formula is C27H38FN6O7PS. The van der Waals surface area contributed by atoms with E-state index in [1.54, 1.807) is 38.1 Å². The number of nitrogens with zero attached hydrogens (tertiary/aromatic N) is 4. The molecule has 0 amide bonds. The van der Waals surface area contributed by atoms with Gasteiger partial charge in [-0.15, -0.1) is 0 Å². The SMILES string of the molecule is CCOc1nc(N)nc2c1ncn2C(CO)OC(CF)COP(=S)(NC(C)C(=O)OC1CCCCC1)Oc1ccccc1. The van der Waals surface area contributed by atoms with Gasteiger partial charge in [0.15, 0.2) is 17.4 Å². The lowest BCUT2D eigenvalue weighted by Crippen LogP contribution is -2.38. The molecule has 1 aliphatic carbocycles. The second-order valence-corrected chi connectivity index (χ2v) is 13.1. The Kier molecular flexibility index (Phi) is 12.0. The van der Waals surface area contributed by atoms with E-state index in [-0.39, 0.29) is 30.2 Å². The van der Waals surface area contributed by atoms with E-state index in [9.17, 15) is 14.3 Å². The topological polar surface area (TPSA) is 165 Å². The van der Waals surface area contributed by atoms with Crippen LogP contribution in [0.5, 0.6) is 11.6 Å². The average Bonchev–Trinajstić information content (AvgIpc) is 3.42. The number of aromatic nitrogens is 4. The zero-order chi connectivity index (χ0) is 30.8. The molecule has 236 valence electrons. The molecule has 4 rings (SSSR count). The van der Waals surface area contributed by atoms with Gasteiger partial charge in [-0.2, -0.15) is 9.97 Å². The highest BCUT2D eigenvalue weighted by Crippen LogP contribution is 2.45. The minimum atomic E-state index is -3.44. The van der Waals surface area contributed by atoms with E-state index in [1.807, 2.05) is 6.07 Å². The number of benzene rings is 1. The number of nitrogen functional groups attached to an aromatic ring is 1. The Morgan fingerprint density at radius 3 is 2.67 bits per heavy atom. The lowest BCUT2D eigenvalue weighted by atomic mass is 9.98. The number of hydrogen-bond acceptors (Lipinski definition) is 12. The van der Waals surface area contributed by atoms with Crippen LogP contribution in [0.3, 0.4) is 0 Å². The maximum atomic E-state index is 14.3. The van der Waals surface area contributed by atoms with Gasteiger partial charge in [0.2, 0.25) is 11.8 Å². The highest BCUT2D eigenvalue weighted by Gasteiger charge is 2.31. The molecule has 3 aromatic rings. The van der Waals surface area contributed by atoms with Crippen molar-refractivity contribution in [1.82, 2.24) is 24.6 Å². The molecule has 0 aliphatic heterocycles. The third-order valence-electron chi connectivity index (χ3n) is 6.62. The predicted molar refractivity (Wildman–Crippen MR) is 161 cm³/mol. The maximum absolute atomic E-state index is 14.3. The van der Waals surface area contributed by atoms with Gasteiger partial charge in [-0.05, 0) is 63.5 Å². The van der Waals surface area contributed by atoms with E-state index >= 15 is 0 Å². The summed E-state index contributed by atoms with van der Waals surface area (Å²) in [7, 11) is 0. The van der Waals surface area contributed by atoms with Crippen LogP contribution in [0, 0.1) is 0 Å². The van der Waals surface area contributed by atoms with Crippen LogP contribution in [-0.4, -0.2) is 75.3 Å². The third-order valence-corrected chi connectivity index (χ3v) is 9.12. The molecule has 4 atom stereocenters. The number of nitrogens with one attached hydrogen (secondary N) is 1. The molecule has 1 saturated carbocycles. The molecule has 1 fully saturated rings. The fraction of sp³-hybridized carbons (Fsp3) is 0.556. The van der Waals surface area contributed by atoms with E-state index in [0.29, 0.717) is 17.9 Å². The minimum absolute atomic E-state index is 0.0688. The third kappa shape index (κ3) is 9.03. The van der Waals surface area contributed by atoms with Crippen LogP contribution in [0.1, 0.15) is 52.2 Å². The molecule has 4 unspecified atom stereocenters. The highest BCUT2D eigenvalue weighted by molar-refractivity contribution is 8.09. The smallest absolute Gasteiger partial charge is 0.323 e. The van der Waals surface area contributed by atoms with Gasteiger partial charge in [0, 0.05) is 0 Å². The Balaban J connectivity index is 1.47. The van der Waals surface area contributed by atoms with Crippen LogP contribution in [-0.2, 0) is 30.6 Å². The number of para-hydroxylation sites is 1. The van der Waals surface area contributed by atoms with E-state index in [4.69, 9.17) is 40.8 Å². The summed E-state index contributed by atoms with van der Waals surface area (Å²) >= 11 is 5.75. The minimum Gasteiger partial charge on any atom is -0.476 e. The molecule has 0 radical (unpaired) electrons. The Hall–Kier alpha value is -2.94. The number of alkyl halides is 1. The Morgan fingerprint density at radius 2 is 2.00 bits per heavy atom. The standard InChI is InChI=1S/C27H38FN6O7PS/c1-3-37-25-23-24(31-27(29)32-25)34(17-30-23)22(15-35)39-21(14-28)16-38-42(43,41-20-12-8-5-9-13-20)33-18(2)26(36)40-19-10-6-4-7-11-19/h5,8-9,12-13,17-19,21-22,35H,3-4,6-7,10-11,14-16H2,1-2H3,(H,33,43)(H2,29,31,32). The number of fused-ring (bicyclic) bond motifs is 1. The summed E-state index contributed by atoms with van der Waals surface area (Å²) < 4.78 is 44.7. The normalized spacial score (nSPS) is 17.6. The number of anilines is 1. The number of carbonyl (C=O) groups excluding carboxylic acids is 1. The Labute approximate surface area is 254 Å². The lowest BCUT2D eigenvalue weighted by molar-refractivity contribution is -0.152. The number of imidazole rings is 1. The molecule has 2 heterocycles. The zero-order valence-corrected chi connectivity index (χ0v) is 25.8. The second kappa shape index (κ2) is 15.7. The summed E-state index contributed by atoms with van der Waals surface area (Å²) in [6.07, 6.45) is 3.73. The van der Waals surface area contributed by atoms with E-state index in [2.05, 4.69) is 20.0 Å². The number of ether oxygens (including phenoxy) is 3. The number of aliphatic hydroxyl groups is 1. The first-order chi connectivity index (χ1) is 20.7. The van der Waals surface area contributed by atoms with Gasteiger partial charge >= 0.3 is 12.6 Å². The van der Waals surface area contributed by atoms with Gasteiger partial charge in [0.25, 0.3) is 0 Å². The number of aliphatic hydroxyl groups excluding tert-OH is 1. The molecule has 0 bridgehead atoms. The quantitative estimate of drug-likeness (QED) is 0.153. The Morgan fingerprint density at radius 1 is 1.26 bits per heavy atom. The van der Waals surface area contributed by atoms with Gasteiger partial charge in [-0.25, -0.2) is 14.5 Å². The van der Waals surface area contributed by atoms with Crippen molar-refractivity contribution in [1.29, 1.82) is 0 Å². The summed E-state index contributed by atoms with van der Waals surface area (Å²) in [6, 6.07) is 7.86. The lowest BCUT2D eigenvalue weighted by Gasteiger charge is -2.29. The largest absolute Gasteiger partial charge is 0.476 e. The fourth-order valence-corrected chi connectivity index (χ4v) is 6.96. The molecule has 1 aliphatic rings. The predicted octanol–water partition coefficient (Wildman–Crippen LogP) is 3.83. The molecule has 2 aromatic heterocycles. The molecule has 16 heteroatoms. The van der Waals surface area contributed by atoms with E-state index in [1.165, 1.54) is 10.9 Å². The van der Waals surface area contributed by atoms with Crippen LogP contribution in [0.15, 0.2) is 36.7 Å². The first kappa shape index (κ1) is 33.0. The molecule has 1 aromatic carbocycles. The summed E-state index contributed by atoms with van der Waals surface area (Å²) in [6.45, 7) is -1.61. The van der Waals surface area contributed by atoms with Crippen LogP contribution in [0.4, 0.5) is 10.3 Å². The molecule has 4 N–H and O–H groups in total. The number of nitrogens with two attached hydrogens (primary N) is 1. The van der Waals surface area contributed by atoms with Gasteiger partial charge < -0.3 is 34.1 Å². The number of hydrogen-bond donors (Lipinski definition) is 3. The molecule has 43 heavy (non-hydrogen) atoms. The van der Waals surface area contributed by atoms with E-state index < -0.39 is 44.3 Å². The molecule has 13 nitrogen and oxygen atoms in total. The monoisotopic (exact) mass is 640 g/mol. The number of carbonyl (C=O) groups is 1. The summed E-state index contributed by atoms with van der Waals surface area (Å²) in [5.74, 6) is 0.0385. The Bertz CT molecular complexity index is 1380. The molecule has 0 spiro atoms. The summed E-state index contributed by atoms with van der Waals surface area (Å²) in [5, 5.41) is 13.1. The number of rotatable bonds is 16. The van der Waals surface area contributed by atoms with Crippen molar-refractivity contribution in [3.8, 4) is 11.6 Å². The first-order valence-electron chi connectivity index (χ1n) is 14.2. The maximum Gasteiger partial charge on any atom is 0.323 e. The van der Waals surface area contributed by atoms with Crippen molar-refractivity contribution in [3.63, 3.8) is 0 Å². The summed E-state index contributed by atoms with van der Waals surface area (Å²) in [4.78, 5) is 25.4. The highest BCUT2D eigenvalue weighted by atomic mass is 32.5. The van der Waals surface area contributed by atoms with Crippen LogP contribution >= 0.6 is 6.64 Å². The van der Waals surface area contributed by atoms with Gasteiger partial charge in [0.1, 0.15) is 30.7 Å². The fourth-order valence-electron chi connectivity index (χ4n) is 4.52. The van der Waals surface area contributed by atoms with Crippen LogP contribution < -0.4 is 20.1 Å². The van der Waals surface area contributed by atoms with Crippen molar-refractivity contribution >= 4 is 41.5 Å². The summed E-state index contributed by atoms with van der Waals surface area (Å²) in [5.41, 5.74) is 6.37. The van der Waals surface area contributed by atoms with Crippen LogP contribution in [0.2, 0.25) is 0 Å². The zero-order valence-electron chi connectivity index (χ0n) is 24.1. The van der Waals surface area contributed by atoms with Crippen LogP contribution in [0.25, 0.3) is 11.2 Å².